The molecule has 4 heterocycles. The van der Waals surface area contributed by atoms with E-state index in [0.717, 1.165) is 50.5 Å². The van der Waals surface area contributed by atoms with Crippen LogP contribution in [0.1, 0.15) is 15.8 Å². The van der Waals surface area contributed by atoms with Gasteiger partial charge < -0.3 is 4.90 Å². The SMILES string of the molecule is O=C(C1CSC(c2cccnc2)N1)N1CCN(CCc2cccs2)CC1. The molecule has 7 heteroatoms. The summed E-state index contributed by atoms with van der Waals surface area (Å²) in [5.41, 5.74) is 1.14. The van der Waals surface area contributed by atoms with Gasteiger partial charge in [0.1, 0.15) is 0 Å². The van der Waals surface area contributed by atoms with Gasteiger partial charge in [0, 0.05) is 55.7 Å². The predicted octanol–water partition coefficient (Wildman–Crippen LogP) is 2.23. The number of thioether (sulfide) groups is 1. The highest BCUT2D eigenvalue weighted by Crippen LogP contribution is 2.32. The molecule has 0 radical (unpaired) electrons. The molecule has 2 aromatic heterocycles. The molecule has 2 atom stereocenters. The topological polar surface area (TPSA) is 48.5 Å². The number of carbonyl (C=O) groups is 1. The number of nitrogens with zero attached hydrogens (tertiary/aromatic N) is 3. The third-order valence-electron chi connectivity index (χ3n) is 5.01. The highest BCUT2D eigenvalue weighted by atomic mass is 32.2. The van der Waals surface area contributed by atoms with Gasteiger partial charge in [-0.1, -0.05) is 12.1 Å². The molecule has 0 saturated carbocycles. The number of pyridine rings is 1. The Morgan fingerprint density at radius 2 is 2.12 bits per heavy atom. The highest BCUT2D eigenvalue weighted by molar-refractivity contribution is 7.99. The molecule has 0 spiro atoms. The Balaban J connectivity index is 1.24. The fourth-order valence-corrected chi connectivity index (χ4v) is 5.39. The normalized spacial score (nSPS) is 24.1. The summed E-state index contributed by atoms with van der Waals surface area (Å²) in [6, 6.07) is 8.25. The van der Waals surface area contributed by atoms with Crippen LogP contribution in [0.5, 0.6) is 0 Å². The Kier molecular flexibility index (Phi) is 5.89. The number of amides is 1. The van der Waals surface area contributed by atoms with Gasteiger partial charge >= 0.3 is 0 Å². The number of aromatic nitrogens is 1. The fraction of sp³-hybridized carbons (Fsp3) is 0.474. The molecular formula is C19H24N4OS2. The number of hydrogen-bond acceptors (Lipinski definition) is 6. The van der Waals surface area contributed by atoms with Crippen molar-refractivity contribution in [2.75, 3.05) is 38.5 Å². The van der Waals surface area contributed by atoms with Crippen molar-refractivity contribution in [2.24, 2.45) is 0 Å². The van der Waals surface area contributed by atoms with Crippen molar-refractivity contribution in [3.05, 3.63) is 52.5 Å². The average molecular weight is 389 g/mol. The molecule has 2 unspecified atom stereocenters. The van der Waals surface area contributed by atoms with Gasteiger partial charge in [0.05, 0.1) is 11.4 Å². The van der Waals surface area contributed by atoms with Crippen molar-refractivity contribution in [1.29, 1.82) is 0 Å². The van der Waals surface area contributed by atoms with E-state index in [1.54, 1.807) is 18.0 Å². The molecule has 2 fully saturated rings. The first kappa shape index (κ1) is 18.0. The van der Waals surface area contributed by atoms with Crippen LogP contribution >= 0.6 is 23.1 Å². The smallest absolute Gasteiger partial charge is 0.240 e. The van der Waals surface area contributed by atoms with E-state index in [1.807, 2.05) is 28.5 Å². The minimum absolute atomic E-state index is 0.0807. The number of nitrogens with one attached hydrogen (secondary N) is 1. The van der Waals surface area contributed by atoms with Gasteiger partial charge in [-0.05, 0) is 29.5 Å². The first-order valence-corrected chi connectivity index (χ1v) is 11.0. The lowest BCUT2D eigenvalue weighted by Crippen LogP contribution is -2.53. The zero-order chi connectivity index (χ0) is 17.8. The molecule has 138 valence electrons. The van der Waals surface area contributed by atoms with E-state index in [9.17, 15) is 4.79 Å². The van der Waals surface area contributed by atoms with Crippen molar-refractivity contribution in [3.8, 4) is 0 Å². The maximum atomic E-state index is 12.8. The molecule has 0 aliphatic carbocycles. The van der Waals surface area contributed by atoms with E-state index in [1.165, 1.54) is 4.88 Å². The van der Waals surface area contributed by atoms with Crippen molar-refractivity contribution in [3.63, 3.8) is 0 Å². The molecule has 0 aromatic carbocycles. The molecule has 2 aliphatic heterocycles. The lowest BCUT2D eigenvalue weighted by molar-refractivity contribution is -0.134. The number of hydrogen-bond donors (Lipinski definition) is 1. The van der Waals surface area contributed by atoms with Gasteiger partial charge in [-0.15, -0.1) is 23.1 Å². The number of piperazine rings is 1. The van der Waals surface area contributed by atoms with E-state index in [-0.39, 0.29) is 17.3 Å². The van der Waals surface area contributed by atoms with Gasteiger partial charge in [-0.3, -0.25) is 20.0 Å². The summed E-state index contributed by atoms with van der Waals surface area (Å²) in [5, 5.41) is 5.79. The predicted molar refractivity (Wildman–Crippen MR) is 107 cm³/mol. The minimum atomic E-state index is -0.0807. The molecular weight excluding hydrogens is 364 g/mol. The van der Waals surface area contributed by atoms with E-state index in [2.05, 4.69) is 38.8 Å². The van der Waals surface area contributed by atoms with Crippen LogP contribution in [0, 0.1) is 0 Å². The van der Waals surface area contributed by atoms with Crippen molar-refractivity contribution >= 4 is 29.0 Å². The summed E-state index contributed by atoms with van der Waals surface area (Å²) in [4.78, 5) is 23.0. The summed E-state index contributed by atoms with van der Waals surface area (Å²) in [7, 11) is 0. The number of rotatable bonds is 5. The fourth-order valence-electron chi connectivity index (χ4n) is 3.47. The molecule has 1 N–H and O–H groups in total. The Labute approximate surface area is 162 Å². The van der Waals surface area contributed by atoms with Crippen LogP contribution in [0.4, 0.5) is 0 Å². The maximum Gasteiger partial charge on any atom is 0.240 e. The molecule has 1 amide bonds. The lowest BCUT2D eigenvalue weighted by Gasteiger charge is -2.35. The van der Waals surface area contributed by atoms with Crippen LogP contribution in [0.25, 0.3) is 0 Å². The monoisotopic (exact) mass is 388 g/mol. The highest BCUT2D eigenvalue weighted by Gasteiger charge is 2.34. The summed E-state index contributed by atoms with van der Waals surface area (Å²) in [6.45, 7) is 4.71. The maximum absolute atomic E-state index is 12.8. The van der Waals surface area contributed by atoms with Crippen LogP contribution in [0.15, 0.2) is 42.0 Å². The third-order valence-corrected chi connectivity index (χ3v) is 7.21. The Bertz CT molecular complexity index is 702. The van der Waals surface area contributed by atoms with Crippen LogP contribution in [0.2, 0.25) is 0 Å². The van der Waals surface area contributed by atoms with Gasteiger partial charge in [0.25, 0.3) is 0 Å². The summed E-state index contributed by atoms with van der Waals surface area (Å²) in [6.07, 6.45) is 4.77. The Hall–Kier alpha value is -1.41. The largest absolute Gasteiger partial charge is 0.339 e. The number of carbonyl (C=O) groups excluding carboxylic acids is 1. The molecule has 5 nitrogen and oxygen atoms in total. The third kappa shape index (κ3) is 4.28. The standard InChI is InChI=1S/C19H24N4OS2/c24-19(17-14-26-18(21-17)15-3-1-6-20-13-15)23-10-8-22(9-11-23)7-5-16-4-2-12-25-16/h1-4,6,12-13,17-18,21H,5,7-11,14H2. The van der Waals surface area contributed by atoms with Gasteiger partial charge in [0.2, 0.25) is 5.91 Å². The van der Waals surface area contributed by atoms with Crippen LogP contribution in [-0.2, 0) is 11.2 Å². The van der Waals surface area contributed by atoms with Crippen molar-refractivity contribution in [2.45, 2.75) is 17.8 Å². The van der Waals surface area contributed by atoms with Gasteiger partial charge in [0.15, 0.2) is 0 Å². The molecule has 4 rings (SSSR count). The first-order valence-electron chi connectivity index (χ1n) is 9.11. The minimum Gasteiger partial charge on any atom is -0.339 e. The summed E-state index contributed by atoms with van der Waals surface area (Å²) >= 11 is 3.62. The lowest BCUT2D eigenvalue weighted by atomic mass is 10.2. The molecule has 0 bridgehead atoms. The molecule has 2 saturated heterocycles. The van der Waals surface area contributed by atoms with Crippen molar-refractivity contribution in [1.82, 2.24) is 20.1 Å². The van der Waals surface area contributed by atoms with E-state index >= 15 is 0 Å². The van der Waals surface area contributed by atoms with E-state index < -0.39 is 0 Å². The zero-order valence-corrected chi connectivity index (χ0v) is 16.3. The second kappa shape index (κ2) is 8.52. The van der Waals surface area contributed by atoms with Crippen molar-refractivity contribution < 1.29 is 4.79 Å². The van der Waals surface area contributed by atoms with Crippen LogP contribution < -0.4 is 5.32 Å². The second-order valence-electron chi connectivity index (χ2n) is 6.72. The average Bonchev–Trinajstić information content (AvgIpc) is 3.39. The molecule has 26 heavy (non-hydrogen) atoms. The van der Waals surface area contributed by atoms with E-state index in [0.29, 0.717) is 0 Å². The quantitative estimate of drug-likeness (QED) is 0.851. The second-order valence-corrected chi connectivity index (χ2v) is 8.89. The Morgan fingerprint density at radius 3 is 2.85 bits per heavy atom. The first-order chi connectivity index (χ1) is 12.8. The Morgan fingerprint density at radius 1 is 1.23 bits per heavy atom. The van der Waals surface area contributed by atoms with Crippen LogP contribution in [0.3, 0.4) is 0 Å². The molecule has 2 aromatic rings. The van der Waals surface area contributed by atoms with Crippen LogP contribution in [-0.4, -0.2) is 65.2 Å². The molecule has 2 aliphatic rings. The summed E-state index contributed by atoms with van der Waals surface area (Å²) < 4.78 is 0. The number of thiophene rings is 1. The summed E-state index contributed by atoms with van der Waals surface area (Å²) in [5.74, 6) is 1.08. The van der Waals surface area contributed by atoms with E-state index in [4.69, 9.17) is 0 Å². The van der Waals surface area contributed by atoms with Gasteiger partial charge in [-0.2, -0.15) is 0 Å². The zero-order valence-electron chi connectivity index (χ0n) is 14.7. The van der Waals surface area contributed by atoms with Gasteiger partial charge in [-0.25, -0.2) is 0 Å².